The Hall–Kier alpha value is -1.92. The fraction of sp³-hybridized carbons (Fsp3) is 0.467. The lowest BCUT2D eigenvalue weighted by Gasteiger charge is -2.12. The van der Waals surface area contributed by atoms with Gasteiger partial charge in [-0.15, -0.1) is 0 Å². The number of methoxy groups -OCH3 is 1. The Morgan fingerprint density at radius 2 is 1.81 bits per heavy atom. The standard InChI is InChI=1S/C15H21N3O3/c1-21-9-8-13(16)15(20)18-12-6-4-11(5-7-12)17-14(19)10-2-3-10/h4-7,10,13H,2-3,8-9,16H2,1H3,(H,17,19)(H,18,20). The second-order valence-electron chi connectivity index (χ2n) is 5.22. The van der Waals surface area contributed by atoms with E-state index in [2.05, 4.69) is 10.6 Å². The van der Waals surface area contributed by atoms with Crippen LogP contribution in [0.1, 0.15) is 19.3 Å². The summed E-state index contributed by atoms with van der Waals surface area (Å²) in [5, 5.41) is 5.58. The van der Waals surface area contributed by atoms with E-state index in [1.54, 1.807) is 31.4 Å². The number of carbonyl (C=O) groups excluding carboxylic acids is 2. The Morgan fingerprint density at radius 1 is 1.24 bits per heavy atom. The van der Waals surface area contributed by atoms with Crippen LogP contribution in [0.15, 0.2) is 24.3 Å². The van der Waals surface area contributed by atoms with Gasteiger partial charge in [0.05, 0.1) is 6.04 Å². The number of nitrogens with one attached hydrogen (secondary N) is 2. The van der Waals surface area contributed by atoms with Gasteiger partial charge in [-0.25, -0.2) is 0 Å². The highest BCUT2D eigenvalue weighted by atomic mass is 16.5. The predicted octanol–water partition coefficient (Wildman–Crippen LogP) is 1.34. The first-order valence-corrected chi connectivity index (χ1v) is 7.06. The van der Waals surface area contributed by atoms with E-state index in [9.17, 15) is 9.59 Å². The van der Waals surface area contributed by atoms with Gasteiger partial charge in [0.25, 0.3) is 0 Å². The highest BCUT2D eigenvalue weighted by Crippen LogP contribution is 2.30. The molecule has 114 valence electrons. The molecule has 2 rings (SSSR count). The molecule has 1 aliphatic rings. The minimum absolute atomic E-state index is 0.0633. The fourth-order valence-electron chi connectivity index (χ4n) is 1.84. The van der Waals surface area contributed by atoms with Crippen molar-refractivity contribution in [3.8, 4) is 0 Å². The summed E-state index contributed by atoms with van der Waals surface area (Å²) < 4.78 is 4.89. The number of anilines is 2. The average molecular weight is 291 g/mol. The summed E-state index contributed by atoms with van der Waals surface area (Å²) in [4.78, 5) is 23.4. The molecule has 1 fully saturated rings. The van der Waals surface area contributed by atoms with Crippen molar-refractivity contribution in [1.82, 2.24) is 0 Å². The first-order valence-electron chi connectivity index (χ1n) is 7.06. The number of rotatable bonds is 7. The van der Waals surface area contributed by atoms with Crippen LogP contribution in [0.2, 0.25) is 0 Å². The van der Waals surface area contributed by atoms with E-state index >= 15 is 0 Å². The number of carbonyl (C=O) groups is 2. The van der Waals surface area contributed by atoms with Gasteiger partial charge in [-0.05, 0) is 43.5 Å². The maximum absolute atomic E-state index is 11.8. The number of nitrogens with two attached hydrogens (primary N) is 1. The molecule has 0 spiro atoms. The van der Waals surface area contributed by atoms with E-state index in [-0.39, 0.29) is 17.7 Å². The fourth-order valence-corrected chi connectivity index (χ4v) is 1.84. The van der Waals surface area contributed by atoms with Crippen LogP contribution in [0.4, 0.5) is 11.4 Å². The van der Waals surface area contributed by atoms with Gasteiger partial charge in [0.1, 0.15) is 0 Å². The summed E-state index contributed by atoms with van der Waals surface area (Å²) in [7, 11) is 1.57. The van der Waals surface area contributed by atoms with Gasteiger partial charge in [0, 0.05) is 31.0 Å². The van der Waals surface area contributed by atoms with Crippen LogP contribution in [0, 0.1) is 5.92 Å². The second-order valence-corrected chi connectivity index (χ2v) is 5.22. The van der Waals surface area contributed by atoms with Crippen LogP contribution in [-0.4, -0.2) is 31.6 Å². The molecule has 4 N–H and O–H groups in total. The maximum atomic E-state index is 11.8. The van der Waals surface area contributed by atoms with E-state index in [1.165, 1.54) is 0 Å². The smallest absolute Gasteiger partial charge is 0.241 e. The zero-order valence-electron chi connectivity index (χ0n) is 12.1. The summed E-state index contributed by atoms with van der Waals surface area (Å²) in [5.41, 5.74) is 7.12. The highest BCUT2D eigenvalue weighted by molar-refractivity contribution is 5.96. The lowest BCUT2D eigenvalue weighted by Crippen LogP contribution is -2.36. The molecule has 21 heavy (non-hydrogen) atoms. The van der Waals surface area contributed by atoms with Gasteiger partial charge < -0.3 is 21.1 Å². The third kappa shape index (κ3) is 4.84. The van der Waals surface area contributed by atoms with Crippen molar-refractivity contribution >= 4 is 23.2 Å². The summed E-state index contributed by atoms with van der Waals surface area (Å²) in [6, 6.07) is 6.40. The summed E-state index contributed by atoms with van der Waals surface area (Å²) >= 11 is 0. The molecule has 1 aromatic rings. The molecule has 1 aromatic carbocycles. The minimum atomic E-state index is -0.598. The van der Waals surface area contributed by atoms with Crippen molar-refractivity contribution in [3.05, 3.63) is 24.3 Å². The topological polar surface area (TPSA) is 93.4 Å². The van der Waals surface area contributed by atoms with Crippen molar-refractivity contribution in [3.63, 3.8) is 0 Å². The summed E-state index contributed by atoms with van der Waals surface area (Å²) in [6.07, 6.45) is 2.41. The Morgan fingerprint density at radius 3 is 2.33 bits per heavy atom. The summed E-state index contributed by atoms with van der Waals surface area (Å²) in [5.74, 6) is -0.0154. The zero-order valence-corrected chi connectivity index (χ0v) is 12.1. The largest absolute Gasteiger partial charge is 0.385 e. The lowest BCUT2D eigenvalue weighted by atomic mass is 10.2. The Kier molecular flexibility index (Phi) is 5.30. The molecule has 1 unspecified atom stereocenters. The molecule has 1 saturated carbocycles. The summed E-state index contributed by atoms with van der Waals surface area (Å²) in [6.45, 7) is 0.445. The molecule has 0 bridgehead atoms. The predicted molar refractivity (Wildman–Crippen MR) is 80.9 cm³/mol. The minimum Gasteiger partial charge on any atom is -0.385 e. The van der Waals surface area contributed by atoms with Gasteiger partial charge in [0.2, 0.25) is 11.8 Å². The molecule has 0 radical (unpaired) electrons. The molecular formula is C15H21N3O3. The molecule has 2 amide bonds. The number of amides is 2. The molecule has 0 saturated heterocycles. The molecule has 6 heteroatoms. The first-order chi connectivity index (χ1) is 10.1. The van der Waals surface area contributed by atoms with Crippen LogP contribution < -0.4 is 16.4 Å². The van der Waals surface area contributed by atoms with Crippen molar-refractivity contribution in [2.24, 2.45) is 11.7 Å². The van der Waals surface area contributed by atoms with Crippen molar-refractivity contribution in [2.75, 3.05) is 24.4 Å². The molecule has 0 heterocycles. The number of hydrogen-bond donors (Lipinski definition) is 3. The van der Waals surface area contributed by atoms with E-state index in [4.69, 9.17) is 10.5 Å². The number of benzene rings is 1. The third-order valence-electron chi connectivity index (χ3n) is 3.34. The highest BCUT2D eigenvalue weighted by Gasteiger charge is 2.29. The van der Waals surface area contributed by atoms with E-state index in [0.717, 1.165) is 18.5 Å². The third-order valence-corrected chi connectivity index (χ3v) is 3.34. The van der Waals surface area contributed by atoms with Gasteiger partial charge in [-0.3, -0.25) is 9.59 Å². The SMILES string of the molecule is COCCC(N)C(=O)Nc1ccc(NC(=O)C2CC2)cc1. The second kappa shape index (κ2) is 7.19. The molecule has 1 atom stereocenters. The van der Waals surface area contributed by atoms with Gasteiger partial charge in [-0.1, -0.05) is 0 Å². The first kappa shape index (κ1) is 15.5. The number of ether oxygens (including phenoxy) is 1. The van der Waals surface area contributed by atoms with Gasteiger partial charge in [0.15, 0.2) is 0 Å². The Balaban J connectivity index is 1.83. The van der Waals surface area contributed by atoms with Crippen LogP contribution in [0.5, 0.6) is 0 Å². The van der Waals surface area contributed by atoms with Crippen LogP contribution in [0.25, 0.3) is 0 Å². The number of hydrogen-bond acceptors (Lipinski definition) is 4. The van der Waals surface area contributed by atoms with E-state index in [0.29, 0.717) is 18.7 Å². The average Bonchev–Trinajstić information content (AvgIpc) is 3.31. The van der Waals surface area contributed by atoms with Crippen LogP contribution >= 0.6 is 0 Å². The lowest BCUT2D eigenvalue weighted by molar-refractivity contribution is -0.118. The van der Waals surface area contributed by atoms with Gasteiger partial charge in [-0.2, -0.15) is 0 Å². The Bertz CT molecular complexity index is 497. The molecular weight excluding hydrogens is 270 g/mol. The molecule has 1 aliphatic carbocycles. The Labute approximate surface area is 124 Å². The van der Waals surface area contributed by atoms with Crippen LogP contribution in [-0.2, 0) is 14.3 Å². The quantitative estimate of drug-likeness (QED) is 0.706. The van der Waals surface area contributed by atoms with Crippen molar-refractivity contribution < 1.29 is 14.3 Å². The molecule has 0 aliphatic heterocycles. The van der Waals surface area contributed by atoms with E-state index < -0.39 is 6.04 Å². The molecule has 0 aromatic heterocycles. The maximum Gasteiger partial charge on any atom is 0.241 e. The molecule has 6 nitrogen and oxygen atoms in total. The van der Waals surface area contributed by atoms with Crippen LogP contribution in [0.3, 0.4) is 0 Å². The van der Waals surface area contributed by atoms with Gasteiger partial charge >= 0.3 is 0 Å². The zero-order chi connectivity index (χ0) is 15.2. The van der Waals surface area contributed by atoms with E-state index in [1.807, 2.05) is 0 Å². The van der Waals surface area contributed by atoms with Crippen molar-refractivity contribution in [2.45, 2.75) is 25.3 Å². The van der Waals surface area contributed by atoms with Crippen molar-refractivity contribution in [1.29, 1.82) is 0 Å². The normalized spacial score (nSPS) is 15.3. The monoisotopic (exact) mass is 291 g/mol.